The Balaban J connectivity index is 2.96. The van der Waals surface area contributed by atoms with E-state index < -0.39 is 0 Å². The third-order valence-corrected chi connectivity index (χ3v) is 3.74. The predicted molar refractivity (Wildman–Crippen MR) is 46.0 cm³/mol. The highest BCUT2D eigenvalue weighted by molar-refractivity contribution is 9.11. The van der Waals surface area contributed by atoms with Gasteiger partial charge in [0, 0.05) is 9.90 Å². The van der Waals surface area contributed by atoms with E-state index in [0.717, 1.165) is 4.48 Å². The van der Waals surface area contributed by atoms with Gasteiger partial charge in [0.05, 0.1) is 6.26 Å². The second-order valence-electron chi connectivity index (χ2n) is 3.72. The normalized spacial score (nSPS) is 27.5. The van der Waals surface area contributed by atoms with Gasteiger partial charge in [-0.3, -0.25) is 0 Å². The van der Waals surface area contributed by atoms with Crippen molar-refractivity contribution in [3.8, 4) is 0 Å². The molecule has 0 aliphatic carbocycles. The van der Waals surface area contributed by atoms with Crippen LogP contribution < -0.4 is 0 Å². The van der Waals surface area contributed by atoms with Gasteiger partial charge in [-0.15, -0.1) is 0 Å². The van der Waals surface area contributed by atoms with Crippen molar-refractivity contribution in [2.45, 2.75) is 33.3 Å². The van der Waals surface area contributed by atoms with Gasteiger partial charge in [-0.2, -0.15) is 0 Å². The smallest absolute Gasteiger partial charge is 0.112 e. The van der Waals surface area contributed by atoms with E-state index in [-0.39, 0.29) is 11.0 Å². The summed E-state index contributed by atoms with van der Waals surface area (Å²) in [7, 11) is 0. The van der Waals surface area contributed by atoms with Crippen LogP contribution in [0.25, 0.3) is 0 Å². The summed E-state index contributed by atoms with van der Waals surface area (Å²) in [6, 6.07) is 0. The maximum absolute atomic E-state index is 5.46. The highest BCUT2D eigenvalue weighted by atomic mass is 79.9. The quantitative estimate of drug-likeness (QED) is 0.590. The first-order valence-electron chi connectivity index (χ1n) is 3.42. The fourth-order valence-electron chi connectivity index (χ4n) is 0.781. The minimum atomic E-state index is -0.0775. The highest BCUT2D eigenvalue weighted by Crippen LogP contribution is 2.47. The van der Waals surface area contributed by atoms with E-state index in [9.17, 15) is 0 Å². The highest BCUT2D eigenvalue weighted by Gasteiger charge is 2.45. The first kappa shape index (κ1) is 8.12. The van der Waals surface area contributed by atoms with Crippen molar-refractivity contribution in [1.29, 1.82) is 0 Å². The lowest BCUT2D eigenvalue weighted by Crippen LogP contribution is -2.36. The molecule has 1 aliphatic rings. The van der Waals surface area contributed by atoms with Crippen LogP contribution in [0.4, 0.5) is 0 Å². The molecule has 1 heterocycles. The zero-order valence-corrected chi connectivity index (χ0v) is 8.45. The zero-order valence-electron chi connectivity index (χ0n) is 6.86. The summed E-state index contributed by atoms with van der Waals surface area (Å²) in [4.78, 5) is 0. The van der Waals surface area contributed by atoms with E-state index in [0.29, 0.717) is 0 Å². The molecule has 1 nitrogen and oxygen atoms in total. The Morgan fingerprint density at radius 2 is 1.80 bits per heavy atom. The Kier molecular flexibility index (Phi) is 1.63. The number of hydrogen-bond donors (Lipinski definition) is 0. The molecule has 0 unspecified atom stereocenters. The van der Waals surface area contributed by atoms with Crippen LogP contribution in [0.3, 0.4) is 0 Å². The molecular weight excluding hydrogens is 192 g/mol. The van der Waals surface area contributed by atoms with E-state index in [2.05, 4.69) is 43.6 Å². The van der Waals surface area contributed by atoms with Gasteiger partial charge in [0.1, 0.15) is 5.60 Å². The predicted octanol–water partition coefficient (Wildman–Crippen LogP) is 3.06. The van der Waals surface area contributed by atoms with E-state index in [4.69, 9.17) is 4.74 Å². The van der Waals surface area contributed by atoms with E-state index in [1.807, 2.05) is 0 Å². The summed E-state index contributed by atoms with van der Waals surface area (Å²) in [5.41, 5.74) is 0.0266. The van der Waals surface area contributed by atoms with Gasteiger partial charge in [-0.1, -0.05) is 29.8 Å². The number of rotatable bonds is 0. The Morgan fingerprint density at radius 1 is 1.30 bits per heavy atom. The molecule has 0 amide bonds. The van der Waals surface area contributed by atoms with Gasteiger partial charge < -0.3 is 4.74 Å². The lowest BCUT2D eigenvalue weighted by molar-refractivity contribution is 0.00685. The molecule has 0 spiro atoms. The van der Waals surface area contributed by atoms with Crippen molar-refractivity contribution in [2.75, 3.05) is 0 Å². The summed E-state index contributed by atoms with van der Waals surface area (Å²) in [6.07, 6.45) is 1.79. The number of hydrogen-bond acceptors (Lipinski definition) is 1. The van der Waals surface area contributed by atoms with Crippen LogP contribution in [0, 0.1) is 5.41 Å². The zero-order chi connectivity index (χ0) is 7.99. The third kappa shape index (κ3) is 0.895. The molecule has 10 heavy (non-hydrogen) atoms. The molecule has 0 fully saturated rings. The molecule has 0 aromatic heterocycles. The van der Waals surface area contributed by atoms with Crippen LogP contribution in [0.1, 0.15) is 27.7 Å². The van der Waals surface area contributed by atoms with Crippen molar-refractivity contribution in [2.24, 2.45) is 5.41 Å². The fourth-order valence-corrected chi connectivity index (χ4v) is 1.35. The monoisotopic (exact) mass is 204 g/mol. The Bertz CT molecular complexity index is 180. The summed E-state index contributed by atoms with van der Waals surface area (Å²) in [5.74, 6) is 0. The molecule has 2 heteroatoms. The number of halogens is 1. The standard InChI is InChI=1S/C8H13BrO/c1-7(2)6(9)5-10-8(7,3)4/h5H,1-4H3. The first-order valence-corrected chi connectivity index (χ1v) is 4.21. The molecular formula is C8H13BrO. The van der Waals surface area contributed by atoms with Crippen LogP contribution >= 0.6 is 15.9 Å². The molecule has 1 rings (SSSR count). The van der Waals surface area contributed by atoms with E-state index >= 15 is 0 Å². The lowest BCUT2D eigenvalue weighted by atomic mass is 9.79. The van der Waals surface area contributed by atoms with Gasteiger partial charge in [-0.25, -0.2) is 0 Å². The van der Waals surface area contributed by atoms with Gasteiger partial charge in [-0.05, 0) is 13.8 Å². The molecule has 0 radical (unpaired) electrons. The molecule has 58 valence electrons. The third-order valence-electron chi connectivity index (χ3n) is 2.56. The summed E-state index contributed by atoms with van der Waals surface area (Å²) < 4.78 is 6.60. The Hall–Kier alpha value is 0.0200. The summed E-state index contributed by atoms with van der Waals surface area (Å²) >= 11 is 3.47. The second kappa shape index (κ2) is 2.00. The fraction of sp³-hybridized carbons (Fsp3) is 0.750. The van der Waals surface area contributed by atoms with Crippen molar-refractivity contribution < 1.29 is 4.74 Å². The van der Waals surface area contributed by atoms with Gasteiger partial charge in [0.2, 0.25) is 0 Å². The molecule has 0 saturated heterocycles. The minimum absolute atomic E-state index is 0.0775. The maximum atomic E-state index is 5.46. The summed E-state index contributed by atoms with van der Waals surface area (Å²) in [6.45, 7) is 8.52. The first-order chi connectivity index (χ1) is 4.38. The topological polar surface area (TPSA) is 9.23 Å². The van der Waals surface area contributed by atoms with Gasteiger partial charge in [0.15, 0.2) is 0 Å². The van der Waals surface area contributed by atoms with Gasteiger partial charge in [0.25, 0.3) is 0 Å². The van der Waals surface area contributed by atoms with E-state index in [1.54, 1.807) is 6.26 Å². The lowest BCUT2D eigenvalue weighted by Gasteiger charge is -2.33. The van der Waals surface area contributed by atoms with Crippen LogP contribution in [-0.2, 0) is 4.74 Å². The van der Waals surface area contributed by atoms with Crippen LogP contribution in [0.2, 0.25) is 0 Å². The SMILES string of the molecule is CC1(C)OC=C(Br)C1(C)C. The molecule has 0 atom stereocenters. The van der Waals surface area contributed by atoms with Crippen molar-refractivity contribution in [3.63, 3.8) is 0 Å². The average Bonchev–Trinajstić information content (AvgIpc) is 1.94. The Labute approximate surface area is 70.6 Å². The minimum Gasteiger partial charge on any atom is -0.494 e. The van der Waals surface area contributed by atoms with Gasteiger partial charge >= 0.3 is 0 Å². The molecule has 0 aromatic carbocycles. The van der Waals surface area contributed by atoms with Crippen molar-refractivity contribution in [1.82, 2.24) is 0 Å². The maximum Gasteiger partial charge on any atom is 0.112 e. The van der Waals surface area contributed by atoms with Crippen LogP contribution in [0.15, 0.2) is 10.7 Å². The van der Waals surface area contributed by atoms with Crippen molar-refractivity contribution >= 4 is 15.9 Å². The van der Waals surface area contributed by atoms with Crippen LogP contribution in [0.5, 0.6) is 0 Å². The molecule has 0 saturated carbocycles. The molecule has 0 aromatic rings. The second-order valence-corrected chi connectivity index (χ2v) is 4.57. The van der Waals surface area contributed by atoms with E-state index in [1.165, 1.54) is 0 Å². The molecule has 1 aliphatic heterocycles. The largest absolute Gasteiger partial charge is 0.494 e. The average molecular weight is 205 g/mol. The number of ether oxygens (including phenoxy) is 1. The molecule has 0 bridgehead atoms. The Morgan fingerprint density at radius 3 is 1.90 bits per heavy atom. The summed E-state index contributed by atoms with van der Waals surface area (Å²) in [5, 5.41) is 0. The van der Waals surface area contributed by atoms with Crippen molar-refractivity contribution in [3.05, 3.63) is 10.7 Å². The van der Waals surface area contributed by atoms with Crippen LogP contribution in [-0.4, -0.2) is 5.60 Å². The molecule has 0 N–H and O–H groups in total.